The molecule has 0 aromatic rings. The van der Waals surface area contributed by atoms with Gasteiger partial charge in [-0.25, -0.2) is 4.57 Å². The van der Waals surface area contributed by atoms with Crippen molar-refractivity contribution in [1.29, 1.82) is 0 Å². The Morgan fingerprint density at radius 1 is 0.439 bits per heavy atom. The lowest BCUT2D eigenvalue weighted by Gasteiger charge is -2.19. The van der Waals surface area contributed by atoms with Gasteiger partial charge in [-0.15, -0.1) is 0 Å². The zero-order valence-corrected chi connectivity index (χ0v) is 44.6. The zero-order chi connectivity index (χ0) is 48.1. The van der Waals surface area contributed by atoms with Gasteiger partial charge in [0, 0.05) is 19.4 Å². The minimum atomic E-state index is -4.38. The first-order chi connectivity index (χ1) is 32.3. The summed E-state index contributed by atoms with van der Waals surface area (Å²) in [6, 6.07) is 0. The van der Waals surface area contributed by atoms with Crippen molar-refractivity contribution in [2.24, 2.45) is 5.73 Å². The van der Waals surface area contributed by atoms with Crippen molar-refractivity contribution in [1.82, 2.24) is 0 Å². The van der Waals surface area contributed by atoms with Gasteiger partial charge in [0.2, 0.25) is 0 Å². The first-order valence-electron chi connectivity index (χ1n) is 28.7. The van der Waals surface area contributed by atoms with Crippen molar-refractivity contribution >= 4 is 19.8 Å². The van der Waals surface area contributed by atoms with Crippen molar-refractivity contribution in [3.8, 4) is 0 Å². The third-order valence-electron chi connectivity index (χ3n) is 12.9. The Balaban J connectivity index is 3.72. The lowest BCUT2D eigenvalue weighted by atomic mass is 10.0. The van der Waals surface area contributed by atoms with Crippen molar-refractivity contribution < 1.29 is 37.6 Å². The molecule has 0 saturated carbocycles. The van der Waals surface area contributed by atoms with Gasteiger partial charge in [0.1, 0.15) is 6.61 Å². The zero-order valence-electron chi connectivity index (χ0n) is 43.7. The minimum absolute atomic E-state index is 0.0549. The second-order valence-electron chi connectivity index (χ2n) is 19.5. The number of phosphoric ester groups is 1. The van der Waals surface area contributed by atoms with Crippen LogP contribution in [0.4, 0.5) is 0 Å². The van der Waals surface area contributed by atoms with Gasteiger partial charge in [-0.2, -0.15) is 0 Å². The number of ether oxygens (including phenoxy) is 2. The number of nitrogens with two attached hydrogens (primary N) is 1. The van der Waals surface area contributed by atoms with Gasteiger partial charge >= 0.3 is 19.8 Å². The summed E-state index contributed by atoms with van der Waals surface area (Å²) >= 11 is 0. The molecule has 0 radical (unpaired) electrons. The van der Waals surface area contributed by atoms with Crippen molar-refractivity contribution in [2.75, 3.05) is 26.4 Å². The van der Waals surface area contributed by atoms with Gasteiger partial charge in [0.15, 0.2) is 6.10 Å². The van der Waals surface area contributed by atoms with E-state index < -0.39 is 26.5 Å². The predicted molar refractivity (Wildman–Crippen MR) is 280 cm³/mol. The van der Waals surface area contributed by atoms with E-state index in [0.717, 1.165) is 57.8 Å². The molecule has 0 heterocycles. The first-order valence-corrected chi connectivity index (χ1v) is 30.2. The number of hydrogen-bond acceptors (Lipinski definition) is 8. The lowest BCUT2D eigenvalue weighted by molar-refractivity contribution is -0.161. The van der Waals surface area contributed by atoms with Crippen molar-refractivity contribution in [2.45, 2.75) is 309 Å². The summed E-state index contributed by atoms with van der Waals surface area (Å²) in [5, 5.41) is 0. The third-order valence-corrected chi connectivity index (χ3v) is 13.9. The SMILES string of the molecule is CCCC/C=C\CCCCCCCC(=O)OC(COC(=O)CCCCCCCCCCCCCCCCCCCCCCCCCCCCCCCCCCCC)COP(=O)(O)OCCN. The summed E-state index contributed by atoms with van der Waals surface area (Å²) < 4.78 is 32.9. The molecule has 0 aliphatic heterocycles. The van der Waals surface area contributed by atoms with Crippen LogP contribution < -0.4 is 5.73 Å². The number of carbonyl (C=O) groups excluding carboxylic acids is 2. The number of carbonyl (C=O) groups is 2. The molecule has 0 aromatic carbocycles. The van der Waals surface area contributed by atoms with Crippen LogP contribution >= 0.6 is 7.82 Å². The summed E-state index contributed by atoms with van der Waals surface area (Å²) in [6.07, 6.45) is 60.3. The molecule has 0 rings (SSSR count). The van der Waals surface area contributed by atoms with Crippen LogP contribution in [0, 0.1) is 0 Å². The largest absolute Gasteiger partial charge is 0.472 e. The van der Waals surface area contributed by atoms with Crippen LogP contribution in [0.1, 0.15) is 303 Å². The summed E-state index contributed by atoms with van der Waals surface area (Å²) in [5.41, 5.74) is 5.36. The maximum absolute atomic E-state index is 12.6. The molecule has 2 atom stereocenters. The van der Waals surface area contributed by atoms with Crippen LogP contribution in [0.5, 0.6) is 0 Å². The standard InChI is InChI=1S/C56H110NO8P/c1-3-5-7-9-11-13-15-16-17-18-19-20-21-22-23-24-25-26-27-28-29-30-31-32-33-34-35-36-37-39-40-42-44-46-48-55(58)62-52-54(53-64-66(60,61)63-51-50-57)65-56(59)49-47-45-43-41-38-14-12-10-8-6-4-2/h10,12,54H,3-9,11,13-53,57H2,1-2H3,(H,60,61)/b12-10-. The molecule has 392 valence electrons. The van der Waals surface area contributed by atoms with E-state index in [4.69, 9.17) is 24.3 Å². The molecule has 0 aliphatic carbocycles. The van der Waals surface area contributed by atoms with E-state index in [2.05, 4.69) is 26.0 Å². The lowest BCUT2D eigenvalue weighted by Crippen LogP contribution is -2.29. The van der Waals surface area contributed by atoms with E-state index >= 15 is 0 Å². The molecular weight excluding hydrogens is 846 g/mol. The van der Waals surface area contributed by atoms with Crippen LogP contribution in [-0.4, -0.2) is 49.3 Å². The maximum atomic E-state index is 12.6. The van der Waals surface area contributed by atoms with Crippen LogP contribution in [0.25, 0.3) is 0 Å². The molecule has 0 saturated heterocycles. The average Bonchev–Trinajstić information content (AvgIpc) is 3.31. The average molecular weight is 956 g/mol. The smallest absolute Gasteiger partial charge is 0.462 e. The van der Waals surface area contributed by atoms with Gasteiger partial charge in [-0.1, -0.05) is 270 Å². The predicted octanol–water partition coefficient (Wildman–Crippen LogP) is 17.7. The van der Waals surface area contributed by atoms with Gasteiger partial charge in [-0.05, 0) is 32.1 Å². The fourth-order valence-electron chi connectivity index (χ4n) is 8.62. The van der Waals surface area contributed by atoms with Gasteiger partial charge < -0.3 is 20.1 Å². The van der Waals surface area contributed by atoms with Crippen LogP contribution in [0.15, 0.2) is 12.2 Å². The van der Waals surface area contributed by atoms with E-state index in [0.29, 0.717) is 6.42 Å². The summed E-state index contributed by atoms with van der Waals surface area (Å²) in [6.45, 7) is 3.73. The topological polar surface area (TPSA) is 134 Å². The fraction of sp³-hybridized carbons (Fsp3) is 0.929. The summed E-state index contributed by atoms with van der Waals surface area (Å²) in [5.74, 6) is -0.825. The third kappa shape index (κ3) is 52.1. The number of unbranched alkanes of at least 4 members (excludes halogenated alkanes) is 40. The molecule has 66 heavy (non-hydrogen) atoms. The number of rotatable bonds is 55. The molecule has 9 nitrogen and oxygen atoms in total. The quantitative estimate of drug-likeness (QED) is 0.0264. The monoisotopic (exact) mass is 956 g/mol. The molecule has 0 aromatic heterocycles. The van der Waals surface area contributed by atoms with Crippen LogP contribution in [0.3, 0.4) is 0 Å². The second-order valence-corrected chi connectivity index (χ2v) is 21.0. The highest BCUT2D eigenvalue weighted by molar-refractivity contribution is 7.47. The van der Waals surface area contributed by atoms with Gasteiger partial charge in [0.25, 0.3) is 0 Å². The Labute approximate surface area is 409 Å². The van der Waals surface area contributed by atoms with E-state index in [1.807, 2.05) is 0 Å². The maximum Gasteiger partial charge on any atom is 0.472 e. The molecule has 0 aliphatic rings. The molecule has 3 N–H and O–H groups in total. The minimum Gasteiger partial charge on any atom is -0.462 e. The van der Waals surface area contributed by atoms with Crippen molar-refractivity contribution in [3.05, 3.63) is 12.2 Å². The Kier molecular flexibility index (Phi) is 52.1. The molecule has 0 bridgehead atoms. The van der Waals surface area contributed by atoms with E-state index in [1.54, 1.807) is 0 Å². The highest BCUT2D eigenvalue weighted by Crippen LogP contribution is 2.43. The van der Waals surface area contributed by atoms with E-state index in [9.17, 15) is 19.0 Å². The Bertz CT molecular complexity index is 1090. The van der Waals surface area contributed by atoms with Gasteiger partial charge in [-0.3, -0.25) is 18.6 Å². The Morgan fingerprint density at radius 2 is 0.758 bits per heavy atom. The molecule has 0 amide bonds. The Hall–Kier alpha value is -1.25. The van der Waals surface area contributed by atoms with Gasteiger partial charge in [0.05, 0.1) is 13.2 Å². The van der Waals surface area contributed by atoms with Crippen LogP contribution in [-0.2, 0) is 32.7 Å². The highest BCUT2D eigenvalue weighted by Gasteiger charge is 2.26. The van der Waals surface area contributed by atoms with Crippen LogP contribution in [0.2, 0.25) is 0 Å². The number of esters is 2. The first kappa shape index (κ1) is 64.8. The molecular formula is C56H110NO8P. The normalized spacial score (nSPS) is 13.1. The fourth-order valence-corrected chi connectivity index (χ4v) is 9.39. The molecule has 0 spiro atoms. The highest BCUT2D eigenvalue weighted by atomic mass is 31.2. The Morgan fingerprint density at radius 3 is 1.12 bits per heavy atom. The summed E-state index contributed by atoms with van der Waals surface area (Å²) in [7, 11) is -4.38. The number of phosphoric acid groups is 1. The molecule has 0 fully saturated rings. The van der Waals surface area contributed by atoms with E-state index in [1.165, 1.54) is 212 Å². The molecule has 2 unspecified atom stereocenters. The summed E-state index contributed by atoms with van der Waals surface area (Å²) in [4.78, 5) is 35.0. The number of allylic oxidation sites excluding steroid dienone is 2. The molecule has 10 heteroatoms. The van der Waals surface area contributed by atoms with Crippen molar-refractivity contribution in [3.63, 3.8) is 0 Å². The second kappa shape index (κ2) is 53.1. The number of hydrogen-bond donors (Lipinski definition) is 2. The van der Waals surface area contributed by atoms with E-state index in [-0.39, 0.29) is 38.6 Å².